The monoisotopic (exact) mass is 265 g/mol. The van der Waals surface area contributed by atoms with Crippen molar-refractivity contribution >= 4 is 5.97 Å². The lowest BCUT2D eigenvalue weighted by atomic mass is 9.72. The number of nitrogens with two attached hydrogens (primary N) is 1. The second kappa shape index (κ2) is 6.57. The van der Waals surface area contributed by atoms with Crippen LogP contribution in [-0.4, -0.2) is 26.2 Å². The second-order valence-electron chi connectivity index (χ2n) is 4.89. The third-order valence-electron chi connectivity index (χ3n) is 3.72. The predicted octanol–water partition coefficient (Wildman–Crippen LogP) is 2.25. The fourth-order valence-corrected chi connectivity index (χ4v) is 2.37. The van der Waals surface area contributed by atoms with Crippen LogP contribution in [0.4, 0.5) is 0 Å². The normalized spacial score (nSPS) is 15.4. The third kappa shape index (κ3) is 3.26. The Morgan fingerprint density at radius 2 is 2.00 bits per heavy atom. The summed E-state index contributed by atoms with van der Waals surface area (Å²) < 4.78 is 10.2. The molecule has 0 aromatic heterocycles. The number of carbonyl (C=O) groups is 1. The number of methoxy groups -OCH3 is 2. The molecular weight excluding hydrogens is 242 g/mol. The van der Waals surface area contributed by atoms with Crippen molar-refractivity contribution in [2.24, 2.45) is 5.73 Å². The molecule has 0 aliphatic rings. The Hall–Kier alpha value is -1.55. The van der Waals surface area contributed by atoms with E-state index in [4.69, 9.17) is 15.2 Å². The maximum absolute atomic E-state index is 11.7. The Kier molecular flexibility index (Phi) is 5.36. The van der Waals surface area contributed by atoms with Crippen LogP contribution < -0.4 is 10.5 Å². The summed E-state index contributed by atoms with van der Waals surface area (Å²) >= 11 is 0. The summed E-state index contributed by atoms with van der Waals surface area (Å²) in [5.41, 5.74) is 6.68. The van der Waals surface area contributed by atoms with Gasteiger partial charge in [-0.15, -0.1) is 0 Å². The molecule has 4 nitrogen and oxygen atoms in total. The highest BCUT2D eigenvalue weighted by Crippen LogP contribution is 2.37. The van der Waals surface area contributed by atoms with Crippen molar-refractivity contribution < 1.29 is 14.3 Å². The Bertz CT molecular complexity index is 433. The molecule has 0 bridgehead atoms. The third-order valence-corrected chi connectivity index (χ3v) is 3.72. The summed E-state index contributed by atoms with van der Waals surface area (Å²) in [7, 11) is 3.01. The summed E-state index contributed by atoms with van der Waals surface area (Å²) in [5, 5.41) is 0. The fraction of sp³-hybridized carbons (Fsp3) is 0.533. The molecule has 2 unspecified atom stereocenters. The number of rotatable bonds is 6. The van der Waals surface area contributed by atoms with Gasteiger partial charge in [-0.3, -0.25) is 4.79 Å². The zero-order valence-electron chi connectivity index (χ0n) is 12.1. The van der Waals surface area contributed by atoms with E-state index in [0.29, 0.717) is 0 Å². The highest BCUT2D eigenvalue weighted by molar-refractivity contribution is 5.72. The maximum Gasteiger partial charge on any atom is 0.306 e. The van der Waals surface area contributed by atoms with E-state index in [1.165, 1.54) is 7.11 Å². The molecule has 0 radical (unpaired) electrons. The van der Waals surface area contributed by atoms with Crippen LogP contribution >= 0.6 is 0 Å². The SMILES string of the molecule is CCC(N)C(C)(CC(=O)OC)c1ccccc1OC. The Labute approximate surface area is 114 Å². The van der Waals surface area contributed by atoms with Crippen LogP contribution in [0.1, 0.15) is 32.3 Å². The van der Waals surface area contributed by atoms with Crippen LogP contribution in [0.3, 0.4) is 0 Å². The van der Waals surface area contributed by atoms with Gasteiger partial charge in [-0.05, 0) is 12.5 Å². The van der Waals surface area contributed by atoms with Crippen LogP contribution in [0.2, 0.25) is 0 Å². The minimum atomic E-state index is -0.506. The standard InChI is InChI=1S/C15H23NO3/c1-5-13(16)15(2,10-14(17)19-4)11-8-6-7-9-12(11)18-3/h6-9,13H,5,10,16H2,1-4H3. The number of hydrogen-bond acceptors (Lipinski definition) is 4. The summed E-state index contributed by atoms with van der Waals surface area (Å²) in [6, 6.07) is 7.52. The second-order valence-corrected chi connectivity index (χ2v) is 4.89. The van der Waals surface area contributed by atoms with Crippen molar-refractivity contribution in [1.29, 1.82) is 0 Å². The number of hydrogen-bond donors (Lipinski definition) is 1. The molecule has 0 saturated carbocycles. The number of para-hydroxylation sites is 1. The van der Waals surface area contributed by atoms with Gasteiger partial charge in [0.25, 0.3) is 0 Å². The highest BCUT2D eigenvalue weighted by Gasteiger charge is 2.37. The van der Waals surface area contributed by atoms with Gasteiger partial charge in [0.05, 0.1) is 20.6 Å². The first kappa shape index (κ1) is 15.5. The van der Waals surface area contributed by atoms with E-state index in [0.717, 1.165) is 17.7 Å². The number of esters is 1. The lowest BCUT2D eigenvalue weighted by molar-refractivity contribution is -0.142. The van der Waals surface area contributed by atoms with Crippen LogP contribution in [0.25, 0.3) is 0 Å². The molecule has 0 saturated heterocycles. The molecular formula is C15H23NO3. The maximum atomic E-state index is 11.7. The molecule has 19 heavy (non-hydrogen) atoms. The van der Waals surface area contributed by atoms with Gasteiger partial charge in [0.2, 0.25) is 0 Å². The summed E-state index contributed by atoms with van der Waals surface area (Å²) in [6.45, 7) is 3.99. The van der Waals surface area contributed by atoms with E-state index in [1.807, 2.05) is 38.1 Å². The fourth-order valence-electron chi connectivity index (χ4n) is 2.37. The van der Waals surface area contributed by atoms with Crippen molar-refractivity contribution in [3.05, 3.63) is 29.8 Å². The lowest BCUT2D eigenvalue weighted by Crippen LogP contribution is -2.44. The molecule has 0 aliphatic carbocycles. The molecule has 106 valence electrons. The largest absolute Gasteiger partial charge is 0.496 e. The van der Waals surface area contributed by atoms with Crippen LogP contribution in [0, 0.1) is 0 Å². The first-order chi connectivity index (χ1) is 8.99. The quantitative estimate of drug-likeness (QED) is 0.801. The zero-order chi connectivity index (χ0) is 14.5. The molecule has 1 aromatic rings. The van der Waals surface area contributed by atoms with Crippen LogP contribution in [0.5, 0.6) is 5.75 Å². The summed E-state index contributed by atoms with van der Waals surface area (Å²) in [6.07, 6.45) is 1.00. The molecule has 0 aliphatic heterocycles. The number of benzene rings is 1. The van der Waals surface area contributed by atoms with Gasteiger partial charge in [-0.25, -0.2) is 0 Å². The van der Waals surface area contributed by atoms with Crippen molar-refractivity contribution in [1.82, 2.24) is 0 Å². The lowest BCUT2D eigenvalue weighted by Gasteiger charge is -2.35. The van der Waals surface area contributed by atoms with Crippen molar-refractivity contribution in [2.45, 2.75) is 38.1 Å². The highest BCUT2D eigenvalue weighted by atomic mass is 16.5. The van der Waals surface area contributed by atoms with Crippen LogP contribution in [-0.2, 0) is 14.9 Å². The average Bonchev–Trinajstić information content (AvgIpc) is 2.45. The molecule has 0 heterocycles. The van der Waals surface area contributed by atoms with E-state index in [-0.39, 0.29) is 18.4 Å². The van der Waals surface area contributed by atoms with Crippen LogP contribution in [0.15, 0.2) is 24.3 Å². The molecule has 1 rings (SSSR count). The minimum Gasteiger partial charge on any atom is -0.496 e. The molecule has 4 heteroatoms. The molecule has 0 fully saturated rings. The molecule has 0 amide bonds. The Morgan fingerprint density at radius 1 is 1.37 bits per heavy atom. The average molecular weight is 265 g/mol. The van der Waals surface area contributed by atoms with Crippen molar-refractivity contribution in [2.75, 3.05) is 14.2 Å². The molecule has 0 spiro atoms. The van der Waals surface area contributed by atoms with E-state index in [2.05, 4.69) is 0 Å². The molecule has 2 atom stereocenters. The zero-order valence-corrected chi connectivity index (χ0v) is 12.1. The smallest absolute Gasteiger partial charge is 0.306 e. The first-order valence-electron chi connectivity index (χ1n) is 6.45. The van der Waals surface area contributed by atoms with E-state index >= 15 is 0 Å². The summed E-state index contributed by atoms with van der Waals surface area (Å²) in [4.78, 5) is 11.7. The number of ether oxygens (including phenoxy) is 2. The Morgan fingerprint density at radius 3 is 2.53 bits per heavy atom. The molecule has 1 aromatic carbocycles. The van der Waals surface area contributed by atoms with Gasteiger partial charge >= 0.3 is 5.97 Å². The predicted molar refractivity (Wildman–Crippen MR) is 75.2 cm³/mol. The van der Waals surface area contributed by atoms with Gasteiger partial charge in [0, 0.05) is 17.0 Å². The summed E-state index contributed by atoms with van der Waals surface area (Å²) in [5.74, 6) is 0.482. The van der Waals surface area contributed by atoms with Gasteiger partial charge in [0.1, 0.15) is 5.75 Å². The first-order valence-corrected chi connectivity index (χ1v) is 6.45. The van der Waals surface area contributed by atoms with E-state index < -0.39 is 5.41 Å². The topological polar surface area (TPSA) is 61.6 Å². The van der Waals surface area contributed by atoms with Crippen molar-refractivity contribution in [3.8, 4) is 5.75 Å². The Balaban J connectivity index is 3.26. The van der Waals surface area contributed by atoms with E-state index in [1.54, 1.807) is 7.11 Å². The van der Waals surface area contributed by atoms with Gasteiger partial charge < -0.3 is 15.2 Å². The number of carbonyl (C=O) groups excluding carboxylic acids is 1. The van der Waals surface area contributed by atoms with Gasteiger partial charge in [-0.2, -0.15) is 0 Å². The van der Waals surface area contributed by atoms with Gasteiger partial charge in [-0.1, -0.05) is 32.0 Å². The van der Waals surface area contributed by atoms with Crippen molar-refractivity contribution in [3.63, 3.8) is 0 Å². The minimum absolute atomic E-state index is 0.150. The molecule has 2 N–H and O–H groups in total. The van der Waals surface area contributed by atoms with E-state index in [9.17, 15) is 4.79 Å². The van der Waals surface area contributed by atoms with Gasteiger partial charge in [0.15, 0.2) is 0 Å².